The number of carbonyl (C=O) groups is 1. The molecular weight excluding hydrogens is 404 g/mol. The number of ketones is 1. The van der Waals surface area contributed by atoms with Gasteiger partial charge in [0.05, 0.1) is 20.1 Å². The number of benzene rings is 1. The molecular formula is C23H31BrO3. The van der Waals surface area contributed by atoms with Crippen LogP contribution in [0.25, 0.3) is 0 Å². The van der Waals surface area contributed by atoms with Gasteiger partial charge in [0, 0.05) is 15.8 Å². The van der Waals surface area contributed by atoms with E-state index in [1.54, 1.807) is 14.2 Å². The summed E-state index contributed by atoms with van der Waals surface area (Å²) in [6, 6.07) is 3.92. The second-order valence-corrected chi connectivity index (χ2v) is 9.83. The molecule has 0 aliphatic heterocycles. The Morgan fingerprint density at radius 2 is 1.70 bits per heavy atom. The van der Waals surface area contributed by atoms with Crippen LogP contribution in [0.4, 0.5) is 0 Å². The van der Waals surface area contributed by atoms with Crippen LogP contribution in [0.1, 0.15) is 64.9 Å². The third-order valence-corrected chi connectivity index (χ3v) is 7.43. The number of halogens is 1. The molecule has 1 aromatic carbocycles. The van der Waals surface area contributed by atoms with Crippen LogP contribution in [0.2, 0.25) is 0 Å². The lowest BCUT2D eigenvalue weighted by atomic mass is 9.54. The molecule has 0 aromatic heterocycles. The molecule has 3 rings (SSSR count). The van der Waals surface area contributed by atoms with Crippen molar-refractivity contribution in [3.63, 3.8) is 0 Å². The van der Waals surface area contributed by atoms with Crippen molar-refractivity contribution in [1.82, 2.24) is 0 Å². The summed E-state index contributed by atoms with van der Waals surface area (Å²) in [5.74, 6) is 1.50. The van der Waals surface area contributed by atoms with Crippen LogP contribution >= 0.6 is 15.9 Å². The average Bonchev–Trinajstić information content (AvgIpc) is 2.70. The summed E-state index contributed by atoms with van der Waals surface area (Å²) in [5.41, 5.74) is 2.41. The van der Waals surface area contributed by atoms with Crippen molar-refractivity contribution in [2.45, 2.75) is 59.3 Å². The number of allylic oxidation sites excluding steroid dienone is 2. The highest BCUT2D eigenvalue weighted by Crippen LogP contribution is 2.60. The largest absolute Gasteiger partial charge is 0.493 e. The van der Waals surface area contributed by atoms with Crippen molar-refractivity contribution in [3.8, 4) is 11.5 Å². The van der Waals surface area contributed by atoms with Crippen molar-refractivity contribution >= 4 is 21.7 Å². The molecule has 1 aromatic rings. The van der Waals surface area contributed by atoms with Gasteiger partial charge in [0.2, 0.25) is 0 Å². The smallest absolute Gasteiger partial charge is 0.161 e. The van der Waals surface area contributed by atoms with Gasteiger partial charge in [-0.25, -0.2) is 0 Å². The Morgan fingerprint density at radius 1 is 1.07 bits per heavy atom. The second-order valence-electron chi connectivity index (χ2n) is 8.97. The zero-order chi connectivity index (χ0) is 20.0. The minimum Gasteiger partial charge on any atom is -0.493 e. The van der Waals surface area contributed by atoms with E-state index < -0.39 is 0 Å². The van der Waals surface area contributed by atoms with Crippen molar-refractivity contribution in [3.05, 3.63) is 33.8 Å². The first-order valence-corrected chi connectivity index (χ1v) is 10.6. The molecule has 0 unspecified atom stereocenters. The summed E-state index contributed by atoms with van der Waals surface area (Å²) in [7, 11) is 3.28. The van der Waals surface area contributed by atoms with Gasteiger partial charge in [0.1, 0.15) is 5.78 Å². The number of Topliss-reactive ketones (excluding diaryl/α,β-unsaturated/α-hetero) is 1. The summed E-state index contributed by atoms with van der Waals surface area (Å²) in [6.45, 7) is 9.02. The Kier molecular flexibility index (Phi) is 5.51. The van der Waals surface area contributed by atoms with E-state index in [2.05, 4.69) is 49.7 Å². The topological polar surface area (TPSA) is 35.5 Å². The van der Waals surface area contributed by atoms with E-state index in [1.165, 1.54) is 12.0 Å². The van der Waals surface area contributed by atoms with Crippen LogP contribution in [-0.2, 0) is 4.79 Å². The number of rotatable bonds is 3. The Hall–Kier alpha value is -1.29. The maximum absolute atomic E-state index is 13.6. The Bertz CT molecular complexity index is 780. The van der Waals surface area contributed by atoms with Gasteiger partial charge in [0.25, 0.3) is 0 Å². The molecule has 0 spiro atoms. The van der Waals surface area contributed by atoms with Gasteiger partial charge in [-0.15, -0.1) is 0 Å². The van der Waals surface area contributed by atoms with E-state index in [-0.39, 0.29) is 22.7 Å². The number of hydrogen-bond donors (Lipinski definition) is 0. The summed E-state index contributed by atoms with van der Waals surface area (Å²) in [5, 5.41) is 0. The molecule has 0 bridgehead atoms. The SMILES string of the molecule is COc1cc(Br)c([C@H]2C(=O)[C@H](C)CC=C3C(C)(C)CCC[C@@]32C)cc1OC. The first kappa shape index (κ1) is 20.4. The summed E-state index contributed by atoms with van der Waals surface area (Å²) >= 11 is 3.72. The van der Waals surface area contributed by atoms with Gasteiger partial charge in [-0.1, -0.05) is 61.7 Å². The second kappa shape index (κ2) is 7.27. The fraction of sp³-hybridized carbons (Fsp3) is 0.609. The summed E-state index contributed by atoms with van der Waals surface area (Å²) < 4.78 is 11.9. The van der Waals surface area contributed by atoms with Gasteiger partial charge in [-0.3, -0.25) is 4.79 Å². The lowest BCUT2D eigenvalue weighted by Gasteiger charge is -2.49. The normalized spacial score (nSPS) is 30.2. The monoisotopic (exact) mass is 434 g/mol. The molecule has 4 heteroatoms. The Labute approximate surface area is 171 Å². The van der Waals surface area contributed by atoms with E-state index in [0.29, 0.717) is 17.3 Å². The average molecular weight is 435 g/mol. The lowest BCUT2D eigenvalue weighted by Crippen LogP contribution is -2.41. The van der Waals surface area contributed by atoms with Crippen LogP contribution in [0, 0.1) is 16.7 Å². The van der Waals surface area contributed by atoms with Gasteiger partial charge >= 0.3 is 0 Å². The minimum atomic E-state index is -0.185. The van der Waals surface area contributed by atoms with Crippen molar-refractivity contribution in [1.29, 1.82) is 0 Å². The van der Waals surface area contributed by atoms with Crippen LogP contribution in [0.5, 0.6) is 11.5 Å². The predicted molar refractivity (Wildman–Crippen MR) is 113 cm³/mol. The van der Waals surface area contributed by atoms with E-state index in [0.717, 1.165) is 29.3 Å². The molecule has 3 nitrogen and oxygen atoms in total. The summed E-state index contributed by atoms with van der Waals surface area (Å²) in [4.78, 5) is 13.6. The fourth-order valence-corrected chi connectivity index (χ4v) is 5.90. The molecule has 148 valence electrons. The minimum absolute atomic E-state index is 0.0146. The molecule has 0 heterocycles. The van der Waals surface area contributed by atoms with Crippen molar-refractivity contribution in [2.75, 3.05) is 14.2 Å². The molecule has 0 radical (unpaired) electrons. The van der Waals surface area contributed by atoms with Crippen LogP contribution < -0.4 is 9.47 Å². The predicted octanol–water partition coefficient (Wildman–Crippen LogP) is 6.30. The zero-order valence-electron chi connectivity index (χ0n) is 17.3. The first-order chi connectivity index (χ1) is 12.7. The van der Waals surface area contributed by atoms with Crippen LogP contribution in [0.15, 0.2) is 28.3 Å². The number of carbonyl (C=O) groups excluding carboxylic acids is 1. The van der Waals surface area contributed by atoms with Crippen molar-refractivity contribution < 1.29 is 14.3 Å². The Morgan fingerprint density at radius 3 is 2.33 bits per heavy atom. The first-order valence-electron chi connectivity index (χ1n) is 9.82. The Balaban J connectivity index is 2.23. The van der Waals surface area contributed by atoms with Crippen molar-refractivity contribution in [2.24, 2.45) is 16.7 Å². The molecule has 1 saturated carbocycles. The van der Waals surface area contributed by atoms with Gasteiger partial charge < -0.3 is 9.47 Å². The fourth-order valence-electron chi connectivity index (χ4n) is 5.35. The number of hydrogen-bond acceptors (Lipinski definition) is 3. The van der Waals surface area contributed by atoms with Gasteiger partial charge in [-0.05, 0) is 42.4 Å². The lowest BCUT2D eigenvalue weighted by molar-refractivity contribution is -0.126. The highest BCUT2D eigenvalue weighted by Gasteiger charge is 2.51. The maximum Gasteiger partial charge on any atom is 0.161 e. The van der Waals surface area contributed by atoms with E-state index >= 15 is 0 Å². The maximum atomic E-state index is 13.6. The van der Waals surface area contributed by atoms with Gasteiger partial charge in [-0.2, -0.15) is 0 Å². The third-order valence-electron chi connectivity index (χ3n) is 6.74. The quantitative estimate of drug-likeness (QED) is 0.523. The van der Waals surface area contributed by atoms with Crippen LogP contribution in [0.3, 0.4) is 0 Å². The zero-order valence-corrected chi connectivity index (χ0v) is 18.9. The standard InChI is InChI=1S/C23H31BrO3/c1-14-8-9-19-22(2,3)10-7-11-23(19,4)20(21(14)25)15-12-17(26-5)18(27-6)13-16(15)24/h9,12-14,20H,7-8,10-11H2,1-6H3/t14-,20+,23+/m1/s1. The molecule has 0 amide bonds. The summed E-state index contributed by atoms with van der Waals surface area (Å²) in [6.07, 6.45) is 6.55. The number of fused-ring (bicyclic) bond motifs is 1. The van der Waals surface area contributed by atoms with Gasteiger partial charge in [0.15, 0.2) is 11.5 Å². The molecule has 2 aliphatic rings. The van der Waals surface area contributed by atoms with E-state index in [4.69, 9.17) is 9.47 Å². The molecule has 27 heavy (non-hydrogen) atoms. The third kappa shape index (κ3) is 3.35. The molecule has 1 fully saturated rings. The van der Waals surface area contributed by atoms with E-state index in [1.807, 2.05) is 12.1 Å². The highest BCUT2D eigenvalue weighted by molar-refractivity contribution is 9.10. The van der Waals surface area contributed by atoms with E-state index in [9.17, 15) is 4.79 Å². The number of methoxy groups -OCH3 is 2. The molecule has 2 aliphatic carbocycles. The number of ether oxygens (including phenoxy) is 2. The highest BCUT2D eigenvalue weighted by atomic mass is 79.9. The molecule has 0 N–H and O–H groups in total. The molecule has 0 saturated heterocycles. The molecule has 3 atom stereocenters. The van der Waals surface area contributed by atoms with Crippen LogP contribution in [-0.4, -0.2) is 20.0 Å².